The number of unbranched alkanes of at least 4 members (excludes halogenated alkanes) is 4. The molecule has 5 aliphatic rings. The molecule has 0 radical (unpaired) electrons. The van der Waals surface area contributed by atoms with Crippen molar-refractivity contribution in [3.05, 3.63) is 0 Å². The summed E-state index contributed by atoms with van der Waals surface area (Å²) in [6.45, 7) is 4.65. The van der Waals surface area contributed by atoms with Gasteiger partial charge in [-0.05, 0) is 119 Å². The Morgan fingerprint density at radius 1 is 0.514 bits per heavy atom. The van der Waals surface area contributed by atoms with Crippen LogP contribution in [-0.2, 0) is 4.79 Å². The number of Topliss-reactive ketones (excluding diaryl/α,β-unsaturated/α-hetero) is 1. The molecule has 2 spiro atoms. The van der Waals surface area contributed by atoms with Crippen molar-refractivity contribution in [2.24, 2.45) is 46.3 Å². The van der Waals surface area contributed by atoms with Crippen LogP contribution in [0.5, 0.6) is 0 Å². The van der Waals surface area contributed by atoms with Crippen molar-refractivity contribution in [3.8, 4) is 0 Å². The van der Waals surface area contributed by atoms with Gasteiger partial charge in [-0.3, -0.25) is 4.79 Å². The second kappa shape index (κ2) is 12.9. The van der Waals surface area contributed by atoms with Gasteiger partial charge in [-0.1, -0.05) is 90.9 Å². The fourth-order valence-corrected chi connectivity index (χ4v) is 10.7. The molecule has 0 aromatic heterocycles. The number of carbonyl (C=O) groups excluding carboxylic acids is 1. The second-order valence-electron chi connectivity index (χ2n) is 15.3. The van der Waals surface area contributed by atoms with E-state index in [-0.39, 0.29) is 10.8 Å². The minimum absolute atomic E-state index is 0.136. The van der Waals surface area contributed by atoms with Gasteiger partial charge in [0.15, 0.2) is 0 Å². The fraction of sp³-hybridized carbons (Fsp3) is 0.972. The molecule has 0 saturated heterocycles. The minimum atomic E-state index is 0.136. The number of hydrogen-bond acceptors (Lipinski definition) is 1. The van der Waals surface area contributed by atoms with E-state index in [4.69, 9.17) is 0 Å². The lowest BCUT2D eigenvalue weighted by Gasteiger charge is -2.60. The molecular formula is C36H62O. The van der Waals surface area contributed by atoms with Crippen molar-refractivity contribution in [2.75, 3.05) is 0 Å². The molecule has 0 aliphatic heterocycles. The van der Waals surface area contributed by atoms with E-state index in [1.807, 2.05) is 0 Å². The van der Waals surface area contributed by atoms with E-state index in [1.54, 1.807) is 0 Å². The van der Waals surface area contributed by atoms with Crippen molar-refractivity contribution in [2.45, 2.75) is 174 Å². The summed E-state index contributed by atoms with van der Waals surface area (Å²) in [5.41, 5.74) is 0.272. The molecule has 1 heteroatoms. The highest BCUT2D eigenvalue weighted by atomic mass is 16.1. The zero-order chi connectivity index (χ0) is 25.7. The standard InChI is InChI=1S/C36H62O/c1-3-5-7-9-28-11-15-30(16-12-28)32-19-23-35(24-20-32)27-36(34(35)37)25-21-33(22-26-36)31-17-13-29(14-18-31)10-8-6-4-2/h28-33H,3-27H2,1-2H3. The predicted octanol–water partition coefficient (Wildman–Crippen LogP) is 11.1. The van der Waals surface area contributed by atoms with E-state index in [1.165, 1.54) is 161 Å². The van der Waals surface area contributed by atoms with Gasteiger partial charge in [-0.2, -0.15) is 0 Å². The SMILES string of the molecule is CCCCCC1CCC(C2CCC3(CC2)CC2(CCC(C4CCC(CCCCC)CC4)CC2)C3=O)CC1. The van der Waals surface area contributed by atoms with Crippen LogP contribution < -0.4 is 0 Å². The molecule has 5 saturated carbocycles. The monoisotopic (exact) mass is 510 g/mol. The van der Waals surface area contributed by atoms with E-state index in [0.29, 0.717) is 0 Å². The summed E-state index contributed by atoms with van der Waals surface area (Å²) in [6, 6.07) is 0. The molecule has 5 fully saturated rings. The quantitative estimate of drug-likeness (QED) is 0.267. The highest BCUT2D eigenvalue weighted by molar-refractivity contribution is 5.96. The van der Waals surface area contributed by atoms with E-state index in [2.05, 4.69) is 13.8 Å². The fourth-order valence-electron chi connectivity index (χ4n) is 10.7. The summed E-state index contributed by atoms with van der Waals surface area (Å²) in [4.78, 5) is 13.8. The van der Waals surface area contributed by atoms with Crippen LogP contribution in [0.3, 0.4) is 0 Å². The maximum atomic E-state index is 13.8. The van der Waals surface area contributed by atoms with Crippen LogP contribution in [0.15, 0.2) is 0 Å². The summed E-state index contributed by atoms with van der Waals surface area (Å²) >= 11 is 0. The first kappa shape index (κ1) is 28.2. The Labute approximate surface area is 231 Å². The Bertz CT molecular complexity index is 632. The molecule has 0 heterocycles. The summed E-state index contributed by atoms with van der Waals surface area (Å²) < 4.78 is 0. The van der Waals surface area contributed by atoms with Crippen LogP contribution >= 0.6 is 0 Å². The van der Waals surface area contributed by atoms with Crippen molar-refractivity contribution < 1.29 is 4.79 Å². The second-order valence-corrected chi connectivity index (χ2v) is 15.3. The number of hydrogen-bond donors (Lipinski definition) is 0. The molecule has 0 amide bonds. The molecule has 0 aromatic carbocycles. The van der Waals surface area contributed by atoms with E-state index in [9.17, 15) is 4.79 Å². The van der Waals surface area contributed by atoms with Gasteiger partial charge >= 0.3 is 0 Å². The molecule has 0 aromatic rings. The lowest BCUT2D eigenvalue weighted by molar-refractivity contribution is -0.170. The normalized spacial score (nSPS) is 42.7. The highest BCUT2D eigenvalue weighted by Gasteiger charge is 2.63. The lowest BCUT2D eigenvalue weighted by atomic mass is 9.42. The Balaban J connectivity index is 1.01. The predicted molar refractivity (Wildman–Crippen MR) is 158 cm³/mol. The van der Waals surface area contributed by atoms with E-state index >= 15 is 0 Å². The average Bonchev–Trinajstić information content (AvgIpc) is 2.95. The van der Waals surface area contributed by atoms with Crippen LogP contribution in [0.2, 0.25) is 0 Å². The third kappa shape index (κ3) is 6.37. The first-order chi connectivity index (χ1) is 18.1. The first-order valence-electron chi connectivity index (χ1n) is 17.6. The Kier molecular flexibility index (Phi) is 9.83. The molecule has 5 aliphatic carbocycles. The topological polar surface area (TPSA) is 17.1 Å². The Morgan fingerprint density at radius 2 is 0.865 bits per heavy atom. The molecule has 37 heavy (non-hydrogen) atoms. The van der Waals surface area contributed by atoms with Crippen LogP contribution in [0.25, 0.3) is 0 Å². The maximum absolute atomic E-state index is 13.8. The number of rotatable bonds is 10. The lowest BCUT2D eigenvalue weighted by Crippen LogP contribution is -2.60. The van der Waals surface area contributed by atoms with Gasteiger partial charge in [-0.15, -0.1) is 0 Å². The van der Waals surface area contributed by atoms with Crippen LogP contribution in [0.4, 0.5) is 0 Å². The molecule has 212 valence electrons. The van der Waals surface area contributed by atoms with Gasteiger partial charge < -0.3 is 0 Å². The zero-order valence-corrected chi connectivity index (χ0v) is 25.1. The first-order valence-corrected chi connectivity index (χ1v) is 17.6. The summed E-state index contributed by atoms with van der Waals surface area (Å²) in [7, 11) is 0. The van der Waals surface area contributed by atoms with Crippen molar-refractivity contribution >= 4 is 5.78 Å². The smallest absolute Gasteiger partial charge is 0.145 e. The molecule has 0 bridgehead atoms. The van der Waals surface area contributed by atoms with Gasteiger partial charge in [0.05, 0.1) is 0 Å². The molecule has 0 atom stereocenters. The van der Waals surface area contributed by atoms with Crippen LogP contribution in [0.1, 0.15) is 174 Å². The van der Waals surface area contributed by atoms with E-state index in [0.717, 1.165) is 41.3 Å². The van der Waals surface area contributed by atoms with E-state index < -0.39 is 0 Å². The zero-order valence-electron chi connectivity index (χ0n) is 25.1. The number of ketones is 1. The molecule has 0 N–H and O–H groups in total. The largest absolute Gasteiger partial charge is 0.298 e. The highest BCUT2D eigenvalue weighted by Crippen LogP contribution is 2.65. The van der Waals surface area contributed by atoms with Crippen molar-refractivity contribution in [3.63, 3.8) is 0 Å². The summed E-state index contributed by atoms with van der Waals surface area (Å²) in [6.07, 6.45) is 35.2. The van der Waals surface area contributed by atoms with Gasteiger partial charge in [0.25, 0.3) is 0 Å². The molecular weight excluding hydrogens is 448 g/mol. The summed E-state index contributed by atoms with van der Waals surface area (Å²) in [5.74, 6) is 6.68. The van der Waals surface area contributed by atoms with Gasteiger partial charge in [-0.25, -0.2) is 0 Å². The molecule has 1 nitrogen and oxygen atoms in total. The van der Waals surface area contributed by atoms with Crippen LogP contribution in [0, 0.1) is 46.3 Å². The Morgan fingerprint density at radius 3 is 1.19 bits per heavy atom. The summed E-state index contributed by atoms with van der Waals surface area (Å²) in [5, 5.41) is 0. The van der Waals surface area contributed by atoms with Gasteiger partial charge in [0.1, 0.15) is 5.78 Å². The molecule has 5 rings (SSSR count). The third-order valence-electron chi connectivity index (χ3n) is 13.2. The molecule has 0 unspecified atom stereocenters. The average molecular weight is 511 g/mol. The minimum Gasteiger partial charge on any atom is -0.298 e. The maximum Gasteiger partial charge on any atom is 0.145 e. The van der Waals surface area contributed by atoms with Crippen molar-refractivity contribution in [1.82, 2.24) is 0 Å². The number of carbonyl (C=O) groups is 1. The Hall–Kier alpha value is -0.330. The van der Waals surface area contributed by atoms with Gasteiger partial charge in [0.2, 0.25) is 0 Å². The van der Waals surface area contributed by atoms with Crippen molar-refractivity contribution in [1.29, 1.82) is 0 Å². The van der Waals surface area contributed by atoms with Crippen LogP contribution in [-0.4, -0.2) is 5.78 Å². The third-order valence-corrected chi connectivity index (χ3v) is 13.2. The van der Waals surface area contributed by atoms with Gasteiger partial charge in [0, 0.05) is 10.8 Å².